The quantitative estimate of drug-likeness (QED) is 0.920. The normalized spacial score (nSPS) is 21.0. The summed E-state index contributed by atoms with van der Waals surface area (Å²) in [6, 6.07) is 3.58. The highest BCUT2D eigenvalue weighted by Gasteiger charge is 2.34. The van der Waals surface area contributed by atoms with E-state index in [2.05, 4.69) is 5.32 Å². The SMILES string of the molecule is O=C(N[C@H]1CCN(c2ccc(Cl)c(F)c2)C1=O)C1=CCCCO1. The van der Waals surface area contributed by atoms with Gasteiger partial charge in [-0.1, -0.05) is 11.6 Å². The van der Waals surface area contributed by atoms with Crippen LogP contribution in [-0.4, -0.2) is 31.0 Å². The summed E-state index contributed by atoms with van der Waals surface area (Å²) in [4.78, 5) is 25.9. The summed E-state index contributed by atoms with van der Waals surface area (Å²) in [6.07, 6.45) is 3.86. The van der Waals surface area contributed by atoms with E-state index < -0.39 is 11.9 Å². The first kappa shape index (κ1) is 15.8. The van der Waals surface area contributed by atoms with Crippen LogP contribution in [0.25, 0.3) is 0 Å². The Kier molecular flexibility index (Phi) is 4.52. The van der Waals surface area contributed by atoms with Crippen molar-refractivity contribution in [1.82, 2.24) is 5.32 Å². The van der Waals surface area contributed by atoms with Gasteiger partial charge in [0.2, 0.25) is 5.91 Å². The average Bonchev–Trinajstić information content (AvgIpc) is 2.92. The molecule has 1 atom stereocenters. The number of ether oxygens (including phenoxy) is 1. The van der Waals surface area contributed by atoms with Gasteiger partial charge < -0.3 is 15.0 Å². The number of halogens is 2. The number of nitrogens with zero attached hydrogens (tertiary/aromatic N) is 1. The van der Waals surface area contributed by atoms with Crippen LogP contribution in [0.3, 0.4) is 0 Å². The molecule has 1 N–H and O–H groups in total. The average molecular weight is 339 g/mol. The van der Waals surface area contributed by atoms with Gasteiger partial charge in [0.25, 0.3) is 5.91 Å². The molecule has 0 unspecified atom stereocenters. The summed E-state index contributed by atoms with van der Waals surface area (Å²) in [5, 5.41) is 2.69. The van der Waals surface area contributed by atoms with Gasteiger partial charge in [0, 0.05) is 12.2 Å². The molecule has 1 aromatic rings. The molecule has 0 aliphatic carbocycles. The van der Waals surface area contributed by atoms with Crippen LogP contribution in [0.2, 0.25) is 5.02 Å². The summed E-state index contributed by atoms with van der Waals surface area (Å²) in [5.41, 5.74) is 0.432. The van der Waals surface area contributed by atoms with Crippen molar-refractivity contribution < 1.29 is 18.7 Å². The summed E-state index contributed by atoms with van der Waals surface area (Å²) in [6.45, 7) is 0.915. The lowest BCUT2D eigenvalue weighted by molar-refractivity contribution is -0.126. The Morgan fingerprint density at radius 2 is 2.26 bits per heavy atom. The molecule has 1 saturated heterocycles. The first-order valence-electron chi connectivity index (χ1n) is 7.46. The van der Waals surface area contributed by atoms with E-state index in [9.17, 15) is 14.0 Å². The van der Waals surface area contributed by atoms with Crippen molar-refractivity contribution in [3.05, 3.63) is 40.9 Å². The molecule has 1 aromatic carbocycles. The molecule has 2 amide bonds. The Labute approximate surface area is 138 Å². The van der Waals surface area contributed by atoms with Crippen LogP contribution in [-0.2, 0) is 14.3 Å². The zero-order valence-corrected chi connectivity index (χ0v) is 13.1. The predicted octanol–water partition coefficient (Wildman–Crippen LogP) is 2.39. The molecule has 0 aromatic heterocycles. The number of rotatable bonds is 3. The summed E-state index contributed by atoms with van der Waals surface area (Å²) in [7, 11) is 0. The lowest BCUT2D eigenvalue weighted by atomic mass is 10.2. The minimum atomic E-state index is -0.632. The van der Waals surface area contributed by atoms with Gasteiger partial charge in [-0.3, -0.25) is 9.59 Å². The van der Waals surface area contributed by atoms with E-state index in [1.54, 1.807) is 12.1 Å². The van der Waals surface area contributed by atoms with Crippen LogP contribution in [0.5, 0.6) is 0 Å². The van der Waals surface area contributed by atoms with Crippen LogP contribution in [0.4, 0.5) is 10.1 Å². The minimum absolute atomic E-state index is 0.00614. The van der Waals surface area contributed by atoms with Gasteiger partial charge >= 0.3 is 0 Å². The highest BCUT2D eigenvalue weighted by Crippen LogP contribution is 2.26. The zero-order valence-electron chi connectivity index (χ0n) is 12.4. The largest absolute Gasteiger partial charge is 0.488 e. The molecule has 0 bridgehead atoms. The predicted molar refractivity (Wildman–Crippen MR) is 83.6 cm³/mol. The molecule has 2 aliphatic rings. The van der Waals surface area contributed by atoms with Crippen LogP contribution in [0.15, 0.2) is 30.0 Å². The van der Waals surface area contributed by atoms with Crippen molar-refractivity contribution in [2.24, 2.45) is 0 Å². The summed E-state index contributed by atoms with van der Waals surface area (Å²) in [5.74, 6) is -0.964. The number of benzene rings is 1. The van der Waals surface area contributed by atoms with E-state index >= 15 is 0 Å². The third kappa shape index (κ3) is 3.32. The van der Waals surface area contributed by atoms with Crippen LogP contribution in [0, 0.1) is 5.82 Å². The van der Waals surface area contributed by atoms with Gasteiger partial charge in [-0.15, -0.1) is 0 Å². The van der Waals surface area contributed by atoms with Crippen LogP contribution < -0.4 is 10.2 Å². The molecule has 23 heavy (non-hydrogen) atoms. The monoisotopic (exact) mass is 338 g/mol. The zero-order chi connectivity index (χ0) is 16.4. The Bertz CT molecular complexity index is 677. The van der Waals surface area contributed by atoms with Crippen molar-refractivity contribution >= 4 is 29.1 Å². The van der Waals surface area contributed by atoms with Gasteiger partial charge in [-0.2, -0.15) is 0 Å². The Balaban J connectivity index is 1.67. The van der Waals surface area contributed by atoms with Crippen LogP contribution >= 0.6 is 11.6 Å². The van der Waals surface area contributed by atoms with Crippen molar-refractivity contribution in [3.63, 3.8) is 0 Å². The first-order chi connectivity index (χ1) is 11.1. The molecular weight excluding hydrogens is 323 g/mol. The molecule has 2 heterocycles. The highest BCUT2D eigenvalue weighted by atomic mass is 35.5. The van der Waals surface area contributed by atoms with E-state index in [0.29, 0.717) is 25.3 Å². The number of hydrogen-bond donors (Lipinski definition) is 1. The lowest BCUT2D eigenvalue weighted by Gasteiger charge is -2.19. The van der Waals surface area contributed by atoms with Crippen LogP contribution in [0.1, 0.15) is 19.3 Å². The van der Waals surface area contributed by atoms with Gasteiger partial charge in [0.15, 0.2) is 5.76 Å². The number of carbonyl (C=O) groups is 2. The third-order valence-corrected chi connectivity index (χ3v) is 4.19. The number of anilines is 1. The number of allylic oxidation sites excluding steroid dienone is 1. The smallest absolute Gasteiger partial charge is 0.286 e. The second-order valence-electron chi connectivity index (χ2n) is 5.46. The maximum absolute atomic E-state index is 13.5. The van der Waals surface area contributed by atoms with Gasteiger partial charge in [-0.25, -0.2) is 4.39 Å². The summed E-state index contributed by atoms with van der Waals surface area (Å²) >= 11 is 5.65. The fraction of sp³-hybridized carbons (Fsp3) is 0.375. The second-order valence-corrected chi connectivity index (χ2v) is 5.87. The number of amides is 2. The number of carbonyl (C=O) groups excluding carboxylic acids is 2. The molecule has 5 nitrogen and oxygen atoms in total. The molecule has 0 saturated carbocycles. The molecule has 122 valence electrons. The molecule has 0 spiro atoms. The minimum Gasteiger partial charge on any atom is -0.488 e. The fourth-order valence-corrected chi connectivity index (χ4v) is 2.79. The topological polar surface area (TPSA) is 58.6 Å². The third-order valence-electron chi connectivity index (χ3n) is 3.89. The van der Waals surface area contributed by atoms with Gasteiger partial charge in [0.1, 0.15) is 11.9 Å². The second kappa shape index (κ2) is 6.58. The Morgan fingerprint density at radius 3 is 2.96 bits per heavy atom. The van der Waals surface area contributed by atoms with Crippen molar-refractivity contribution in [3.8, 4) is 0 Å². The molecule has 1 fully saturated rings. The van der Waals surface area contributed by atoms with Crippen molar-refractivity contribution in [1.29, 1.82) is 0 Å². The maximum Gasteiger partial charge on any atom is 0.286 e. The molecular formula is C16H16ClFN2O3. The molecule has 2 aliphatic heterocycles. The molecule has 3 rings (SSSR count). The Morgan fingerprint density at radius 1 is 1.43 bits per heavy atom. The van der Waals surface area contributed by atoms with E-state index in [4.69, 9.17) is 16.3 Å². The van der Waals surface area contributed by atoms with E-state index in [-0.39, 0.29) is 22.6 Å². The van der Waals surface area contributed by atoms with Gasteiger partial charge in [-0.05, 0) is 43.5 Å². The van der Waals surface area contributed by atoms with Crippen molar-refractivity contribution in [2.75, 3.05) is 18.1 Å². The standard InChI is InChI=1S/C16H16ClFN2O3/c17-11-5-4-10(9-12(11)18)20-7-6-13(16(20)22)19-15(21)14-3-1-2-8-23-14/h3-5,9,13H,1-2,6-8H2,(H,19,21)/t13-/m0/s1. The van der Waals surface area contributed by atoms with E-state index in [1.807, 2.05) is 0 Å². The van der Waals surface area contributed by atoms with Gasteiger partial charge in [0.05, 0.1) is 11.6 Å². The highest BCUT2D eigenvalue weighted by molar-refractivity contribution is 6.30. The van der Waals surface area contributed by atoms with Crippen molar-refractivity contribution in [2.45, 2.75) is 25.3 Å². The fourth-order valence-electron chi connectivity index (χ4n) is 2.67. The maximum atomic E-state index is 13.5. The Hall–Kier alpha value is -2.08. The first-order valence-corrected chi connectivity index (χ1v) is 7.84. The molecule has 0 radical (unpaired) electrons. The lowest BCUT2D eigenvalue weighted by Crippen LogP contribution is -2.42. The van der Waals surface area contributed by atoms with E-state index in [1.165, 1.54) is 17.0 Å². The number of nitrogens with one attached hydrogen (secondary N) is 1. The van der Waals surface area contributed by atoms with E-state index in [0.717, 1.165) is 12.8 Å². The summed E-state index contributed by atoms with van der Waals surface area (Å²) < 4.78 is 18.8. The number of hydrogen-bond acceptors (Lipinski definition) is 3. The molecule has 7 heteroatoms.